The van der Waals surface area contributed by atoms with Crippen molar-refractivity contribution in [1.82, 2.24) is 4.90 Å². The molecule has 6 rings (SSSR count). The smallest absolute Gasteiger partial charge is 0.175 e. The summed E-state index contributed by atoms with van der Waals surface area (Å²) in [5, 5.41) is 0.949. The van der Waals surface area contributed by atoms with Gasteiger partial charge in [0.05, 0.1) is 21.9 Å². The zero-order valence-electron chi connectivity index (χ0n) is 17.3. The largest absolute Gasteiger partial charge is 0.378 e. The molecule has 0 bridgehead atoms. The number of nitrogens with two attached hydrogens (primary N) is 1. The highest BCUT2D eigenvalue weighted by molar-refractivity contribution is 8.20. The van der Waals surface area contributed by atoms with Gasteiger partial charge in [-0.05, 0) is 48.2 Å². The highest BCUT2D eigenvalue weighted by Gasteiger charge is 2.47. The van der Waals surface area contributed by atoms with Crippen molar-refractivity contribution in [2.75, 3.05) is 0 Å². The van der Waals surface area contributed by atoms with E-state index in [4.69, 9.17) is 10.7 Å². The summed E-state index contributed by atoms with van der Waals surface area (Å²) in [5.41, 5.74) is 9.38. The van der Waals surface area contributed by atoms with Crippen molar-refractivity contribution in [3.8, 4) is 0 Å². The first-order chi connectivity index (χ1) is 16.0. The second-order valence-corrected chi connectivity index (χ2v) is 10.3. The number of nitrogens with zero attached hydrogens (tertiary/aromatic N) is 3. The molecule has 3 aliphatic heterocycles. The van der Waals surface area contributed by atoms with Crippen LogP contribution in [0.25, 0.3) is 0 Å². The Morgan fingerprint density at radius 3 is 2.30 bits per heavy atom. The lowest BCUT2D eigenvalue weighted by molar-refractivity contribution is -0.116. The fraction of sp³-hybridized carbons (Fsp3) is 0.208. The maximum atomic E-state index is 13.7. The van der Waals surface area contributed by atoms with Crippen LogP contribution >= 0.6 is 23.5 Å². The molecule has 1 aliphatic carbocycles. The second kappa shape index (κ2) is 7.85. The first kappa shape index (κ1) is 20.7. The summed E-state index contributed by atoms with van der Waals surface area (Å²) in [4.78, 5) is 25.5. The average molecular weight is 481 g/mol. The van der Waals surface area contributed by atoms with Gasteiger partial charge in [-0.3, -0.25) is 9.69 Å². The van der Waals surface area contributed by atoms with E-state index in [-0.39, 0.29) is 22.7 Å². The van der Waals surface area contributed by atoms with Crippen LogP contribution in [0.4, 0.5) is 8.78 Å². The Labute approximate surface area is 197 Å². The quantitative estimate of drug-likeness (QED) is 0.623. The van der Waals surface area contributed by atoms with E-state index in [9.17, 15) is 13.6 Å². The molecule has 0 saturated carbocycles. The van der Waals surface area contributed by atoms with Crippen LogP contribution in [0.2, 0.25) is 0 Å². The topological polar surface area (TPSA) is 71.0 Å². The number of rotatable bonds is 2. The number of carbonyl (C=O) groups excluding carboxylic acids is 1. The number of benzene rings is 2. The number of amidine groups is 2. The Bertz CT molecular complexity index is 1300. The average Bonchev–Trinajstić information content (AvgIpc) is 3.16. The van der Waals surface area contributed by atoms with Crippen molar-refractivity contribution in [3.05, 3.63) is 93.3 Å². The van der Waals surface area contributed by atoms with Crippen LogP contribution in [-0.2, 0) is 4.79 Å². The molecular formula is C24H18F2N4OS2. The lowest BCUT2D eigenvalue weighted by Gasteiger charge is -2.37. The number of hydrogen-bond donors (Lipinski definition) is 1. The van der Waals surface area contributed by atoms with Crippen molar-refractivity contribution in [3.63, 3.8) is 0 Å². The predicted octanol–water partition coefficient (Wildman–Crippen LogP) is 5.40. The Morgan fingerprint density at radius 2 is 1.61 bits per heavy atom. The Hall–Kier alpha value is -2.91. The number of allylic oxidation sites excluding steroid dienone is 1. The molecule has 3 heterocycles. The fourth-order valence-corrected chi connectivity index (χ4v) is 6.93. The molecule has 2 unspecified atom stereocenters. The van der Waals surface area contributed by atoms with E-state index in [1.54, 1.807) is 24.3 Å². The van der Waals surface area contributed by atoms with Crippen LogP contribution in [0.15, 0.2) is 80.5 Å². The normalized spacial score (nSPS) is 24.3. The number of halogens is 2. The minimum absolute atomic E-state index is 0.0599. The first-order valence-electron chi connectivity index (χ1n) is 10.6. The minimum Gasteiger partial charge on any atom is -0.378 e. The number of thioether (sulfide) groups is 2. The zero-order valence-corrected chi connectivity index (χ0v) is 18.9. The molecule has 0 spiro atoms. The second-order valence-electron chi connectivity index (χ2n) is 8.14. The zero-order chi connectivity index (χ0) is 22.7. The van der Waals surface area contributed by atoms with Gasteiger partial charge < -0.3 is 5.73 Å². The number of carbonyl (C=O) groups is 1. The fourth-order valence-electron chi connectivity index (χ4n) is 4.63. The van der Waals surface area contributed by atoms with Gasteiger partial charge in [0.15, 0.2) is 16.1 Å². The van der Waals surface area contributed by atoms with Crippen molar-refractivity contribution < 1.29 is 13.6 Å². The maximum Gasteiger partial charge on any atom is 0.175 e. The van der Waals surface area contributed by atoms with Gasteiger partial charge in [0, 0.05) is 12.0 Å². The van der Waals surface area contributed by atoms with Gasteiger partial charge in [-0.15, -0.1) is 0 Å². The molecule has 0 aromatic heterocycles. The van der Waals surface area contributed by atoms with Gasteiger partial charge in [0.2, 0.25) is 0 Å². The molecule has 9 heteroatoms. The van der Waals surface area contributed by atoms with Crippen molar-refractivity contribution >= 4 is 39.6 Å². The van der Waals surface area contributed by atoms with Crippen LogP contribution < -0.4 is 5.73 Å². The Balaban J connectivity index is 1.51. The van der Waals surface area contributed by atoms with Crippen molar-refractivity contribution in [1.29, 1.82) is 0 Å². The van der Waals surface area contributed by atoms with E-state index in [1.165, 1.54) is 47.8 Å². The summed E-state index contributed by atoms with van der Waals surface area (Å²) in [7, 11) is 0. The summed E-state index contributed by atoms with van der Waals surface area (Å²) < 4.78 is 27.3. The number of hydrogen-bond acceptors (Lipinski definition) is 7. The highest BCUT2D eigenvalue weighted by Crippen LogP contribution is 2.56. The number of Topliss-reactive ketones (excluding diaryl/α,β-unsaturated/α-hetero) is 1. The lowest BCUT2D eigenvalue weighted by Crippen LogP contribution is -2.37. The molecule has 0 saturated heterocycles. The SMILES string of the molecule is NC1=NC2=C(SC3=NC4=C(C(=O)CCC4)C(c4ccc(F)cc4)N32)C(c2ccc(F)cc2)S1. The molecule has 2 aromatic carbocycles. The molecule has 4 aliphatic rings. The monoisotopic (exact) mass is 480 g/mol. The molecule has 2 N–H and O–H groups in total. The Kier molecular flexibility index (Phi) is 4.92. The third-order valence-electron chi connectivity index (χ3n) is 6.10. The molecule has 166 valence electrons. The summed E-state index contributed by atoms with van der Waals surface area (Å²) in [6.07, 6.45) is 1.96. The summed E-state index contributed by atoms with van der Waals surface area (Å²) in [5.74, 6) is 0.0623. The van der Waals surface area contributed by atoms with Gasteiger partial charge in [0.25, 0.3) is 0 Å². The number of fused-ring (bicyclic) bond motifs is 2. The van der Waals surface area contributed by atoms with Crippen molar-refractivity contribution in [2.45, 2.75) is 30.6 Å². The van der Waals surface area contributed by atoms with E-state index >= 15 is 0 Å². The summed E-state index contributed by atoms with van der Waals surface area (Å²) in [6.45, 7) is 0. The number of aliphatic imine (C=N–C) groups is 2. The Morgan fingerprint density at radius 1 is 0.939 bits per heavy atom. The molecule has 0 radical (unpaired) electrons. The molecule has 0 fully saturated rings. The maximum absolute atomic E-state index is 13.7. The van der Waals surface area contributed by atoms with E-state index in [0.29, 0.717) is 23.0 Å². The van der Waals surface area contributed by atoms with E-state index in [2.05, 4.69) is 4.99 Å². The van der Waals surface area contributed by atoms with Crippen LogP contribution in [0.3, 0.4) is 0 Å². The van der Waals surface area contributed by atoms with Gasteiger partial charge in [-0.25, -0.2) is 18.8 Å². The standard InChI is InChI=1S/C24H18F2N4OS2/c25-14-8-4-12(5-9-14)19-18-16(2-1-3-17(18)31)28-24-30(19)22-21(33-24)20(32-23(27)29-22)13-6-10-15(26)11-7-13/h4-11,19-20H,1-3H2,(H2,27,29). The lowest BCUT2D eigenvalue weighted by atomic mass is 9.85. The van der Waals surface area contributed by atoms with Crippen LogP contribution in [0, 0.1) is 11.6 Å². The van der Waals surface area contributed by atoms with Gasteiger partial charge in [-0.2, -0.15) is 0 Å². The van der Waals surface area contributed by atoms with Gasteiger partial charge in [-0.1, -0.05) is 47.8 Å². The molecule has 33 heavy (non-hydrogen) atoms. The van der Waals surface area contributed by atoms with Crippen molar-refractivity contribution in [2.24, 2.45) is 15.7 Å². The van der Waals surface area contributed by atoms with Crippen LogP contribution in [0.5, 0.6) is 0 Å². The summed E-state index contributed by atoms with van der Waals surface area (Å²) in [6, 6.07) is 12.1. The molecular weight excluding hydrogens is 462 g/mol. The minimum atomic E-state index is -0.450. The van der Waals surface area contributed by atoms with E-state index < -0.39 is 6.04 Å². The third-order valence-corrected chi connectivity index (χ3v) is 8.43. The molecule has 0 amide bonds. The third kappa shape index (κ3) is 3.41. The van der Waals surface area contributed by atoms with Gasteiger partial charge in [0.1, 0.15) is 17.5 Å². The predicted molar refractivity (Wildman–Crippen MR) is 127 cm³/mol. The molecule has 5 nitrogen and oxygen atoms in total. The molecule has 2 atom stereocenters. The number of ketones is 1. The van der Waals surface area contributed by atoms with E-state index in [1.807, 2.05) is 4.90 Å². The molecule has 2 aromatic rings. The van der Waals surface area contributed by atoms with Gasteiger partial charge >= 0.3 is 0 Å². The van der Waals surface area contributed by atoms with Crippen LogP contribution in [-0.4, -0.2) is 21.0 Å². The van der Waals surface area contributed by atoms with E-state index in [0.717, 1.165) is 39.7 Å². The highest BCUT2D eigenvalue weighted by atomic mass is 32.2. The summed E-state index contributed by atoms with van der Waals surface area (Å²) >= 11 is 2.91. The van der Waals surface area contributed by atoms with Crippen LogP contribution in [0.1, 0.15) is 41.7 Å². The first-order valence-corrected chi connectivity index (χ1v) is 12.3.